The molecule has 0 amide bonds. The highest BCUT2D eigenvalue weighted by Crippen LogP contribution is 2.47. The number of pyridine rings is 1. The minimum Gasteiger partial charge on any atom is -0.388 e. The fraction of sp³-hybridized carbons (Fsp3) is 0.621. The highest BCUT2D eigenvalue weighted by atomic mass is 16.3. The summed E-state index contributed by atoms with van der Waals surface area (Å²) >= 11 is 0. The van der Waals surface area contributed by atoms with Gasteiger partial charge in [0.25, 0.3) is 0 Å². The van der Waals surface area contributed by atoms with E-state index in [0.717, 1.165) is 65.7 Å². The summed E-state index contributed by atoms with van der Waals surface area (Å²) < 4.78 is 0. The van der Waals surface area contributed by atoms with Gasteiger partial charge in [0, 0.05) is 22.7 Å². The van der Waals surface area contributed by atoms with E-state index < -0.39 is 12.2 Å². The number of aliphatic hydroxyl groups is 2. The number of fused-ring (bicyclic) bond motifs is 1. The van der Waals surface area contributed by atoms with Crippen molar-refractivity contribution in [2.45, 2.75) is 110 Å². The third kappa shape index (κ3) is 4.39. The first-order valence-electron chi connectivity index (χ1n) is 12.5. The molecule has 2 aliphatic rings. The number of aromatic nitrogens is 1. The minimum atomic E-state index is -0.713. The summed E-state index contributed by atoms with van der Waals surface area (Å²) in [6.07, 6.45) is 5.96. The summed E-state index contributed by atoms with van der Waals surface area (Å²) in [5, 5.41) is 22.9. The number of nitrogens with zero attached hydrogens (tertiary/aromatic N) is 1. The molecule has 2 unspecified atom stereocenters. The van der Waals surface area contributed by atoms with Gasteiger partial charge in [-0.15, -0.1) is 0 Å². The molecule has 0 bridgehead atoms. The highest BCUT2D eigenvalue weighted by Gasteiger charge is 2.37. The summed E-state index contributed by atoms with van der Waals surface area (Å²) in [6, 6.07) is 8.43. The average molecular weight is 436 g/mol. The van der Waals surface area contributed by atoms with Crippen LogP contribution in [0, 0.1) is 5.41 Å². The van der Waals surface area contributed by atoms with Crippen molar-refractivity contribution < 1.29 is 10.2 Å². The van der Waals surface area contributed by atoms with Gasteiger partial charge in [0.05, 0.1) is 11.8 Å². The van der Waals surface area contributed by atoms with Crippen LogP contribution in [0.4, 0.5) is 0 Å². The van der Waals surface area contributed by atoms with Gasteiger partial charge in [-0.25, -0.2) is 0 Å². The fourth-order valence-electron chi connectivity index (χ4n) is 5.95. The van der Waals surface area contributed by atoms with E-state index in [2.05, 4.69) is 65.8 Å². The smallest absolute Gasteiger partial charge is 0.106 e. The molecule has 4 rings (SSSR count). The molecule has 3 nitrogen and oxygen atoms in total. The van der Waals surface area contributed by atoms with Crippen molar-refractivity contribution in [3.63, 3.8) is 0 Å². The average Bonchev–Trinajstić information content (AvgIpc) is 3.25. The van der Waals surface area contributed by atoms with Crippen LogP contribution in [-0.4, -0.2) is 15.2 Å². The number of hydrogen-bond acceptors (Lipinski definition) is 3. The van der Waals surface area contributed by atoms with Gasteiger partial charge in [-0.3, -0.25) is 4.98 Å². The second-order valence-electron chi connectivity index (χ2n) is 11.9. The quantitative estimate of drug-likeness (QED) is 0.563. The van der Waals surface area contributed by atoms with E-state index in [1.807, 2.05) is 0 Å². The lowest BCUT2D eigenvalue weighted by Gasteiger charge is -2.37. The Kier molecular flexibility index (Phi) is 6.28. The molecular weight excluding hydrogens is 394 g/mol. The maximum Gasteiger partial charge on any atom is 0.106 e. The second kappa shape index (κ2) is 8.57. The van der Waals surface area contributed by atoms with Gasteiger partial charge in [0.1, 0.15) is 6.10 Å². The maximum atomic E-state index is 11.7. The molecule has 0 saturated heterocycles. The summed E-state index contributed by atoms with van der Waals surface area (Å²) in [4.78, 5) is 5.23. The molecule has 32 heavy (non-hydrogen) atoms. The lowest BCUT2D eigenvalue weighted by atomic mass is 9.72. The van der Waals surface area contributed by atoms with Gasteiger partial charge < -0.3 is 10.2 Å². The van der Waals surface area contributed by atoms with Gasteiger partial charge in [-0.05, 0) is 59.6 Å². The van der Waals surface area contributed by atoms with Crippen molar-refractivity contribution >= 4 is 0 Å². The van der Waals surface area contributed by atoms with Gasteiger partial charge in [-0.1, -0.05) is 78.6 Å². The fourth-order valence-corrected chi connectivity index (χ4v) is 5.95. The normalized spacial score (nSPS) is 22.1. The molecule has 0 spiro atoms. The Morgan fingerprint density at radius 3 is 2.28 bits per heavy atom. The molecule has 3 heteroatoms. The van der Waals surface area contributed by atoms with Gasteiger partial charge >= 0.3 is 0 Å². The summed E-state index contributed by atoms with van der Waals surface area (Å²) in [6.45, 7) is 13.2. The molecule has 1 heterocycles. The van der Waals surface area contributed by atoms with Crippen LogP contribution in [0.5, 0.6) is 0 Å². The first kappa shape index (κ1) is 23.4. The topological polar surface area (TPSA) is 53.4 Å². The predicted molar refractivity (Wildman–Crippen MR) is 131 cm³/mol. The summed E-state index contributed by atoms with van der Waals surface area (Å²) in [5.41, 5.74) is 7.56. The number of benzene rings is 1. The Labute approximate surface area is 194 Å². The molecule has 0 aliphatic heterocycles. The van der Waals surface area contributed by atoms with Crippen molar-refractivity contribution in [3.05, 3.63) is 63.5 Å². The van der Waals surface area contributed by atoms with Crippen LogP contribution in [0.25, 0.3) is 0 Å². The van der Waals surface area contributed by atoms with Crippen molar-refractivity contribution in [1.82, 2.24) is 4.98 Å². The van der Waals surface area contributed by atoms with Crippen LogP contribution < -0.4 is 0 Å². The lowest BCUT2D eigenvalue weighted by Crippen LogP contribution is -2.29. The zero-order chi connectivity index (χ0) is 23.3. The molecule has 1 fully saturated rings. The Bertz CT molecular complexity index is 962. The van der Waals surface area contributed by atoms with Crippen molar-refractivity contribution in [1.29, 1.82) is 0 Å². The molecule has 0 radical (unpaired) electrons. The Balaban J connectivity index is 1.87. The standard InChI is InChI=1S/C29H41NO2/c1-7-21-24-22(16-29(5,6)17-23(24)31)30-26(18-10-8-9-11-18)25(21)27(32)19-12-14-20(15-13-19)28(2,3)4/h12-15,18,23,27,31-32H,7-11,16-17H2,1-6H3. The molecule has 1 aromatic heterocycles. The van der Waals surface area contributed by atoms with Crippen LogP contribution in [0.1, 0.15) is 131 Å². The van der Waals surface area contributed by atoms with Crippen molar-refractivity contribution in [2.75, 3.05) is 0 Å². The first-order valence-corrected chi connectivity index (χ1v) is 12.5. The van der Waals surface area contributed by atoms with Gasteiger partial charge in [0.2, 0.25) is 0 Å². The first-order chi connectivity index (χ1) is 15.0. The van der Waals surface area contributed by atoms with E-state index in [0.29, 0.717) is 5.92 Å². The van der Waals surface area contributed by atoms with Crippen LogP contribution in [0.3, 0.4) is 0 Å². The van der Waals surface area contributed by atoms with Crippen LogP contribution in [0.15, 0.2) is 24.3 Å². The van der Waals surface area contributed by atoms with Crippen molar-refractivity contribution in [3.8, 4) is 0 Å². The van der Waals surface area contributed by atoms with E-state index in [1.165, 1.54) is 18.4 Å². The molecule has 2 aliphatic carbocycles. The van der Waals surface area contributed by atoms with E-state index >= 15 is 0 Å². The molecule has 174 valence electrons. The lowest BCUT2D eigenvalue weighted by molar-refractivity contribution is 0.0965. The van der Waals surface area contributed by atoms with Crippen molar-refractivity contribution in [2.24, 2.45) is 5.41 Å². The summed E-state index contributed by atoms with van der Waals surface area (Å²) in [5.74, 6) is 0.409. The Morgan fingerprint density at radius 1 is 1.09 bits per heavy atom. The predicted octanol–water partition coefficient (Wildman–Crippen LogP) is 6.69. The molecule has 2 atom stereocenters. The third-order valence-electron chi connectivity index (χ3n) is 7.68. The largest absolute Gasteiger partial charge is 0.388 e. The third-order valence-corrected chi connectivity index (χ3v) is 7.68. The van der Waals surface area contributed by atoms with Crippen LogP contribution in [0.2, 0.25) is 0 Å². The van der Waals surface area contributed by atoms with Gasteiger partial charge in [-0.2, -0.15) is 0 Å². The maximum absolute atomic E-state index is 11.7. The van der Waals surface area contributed by atoms with E-state index in [1.54, 1.807) is 0 Å². The molecule has 1 aromatic carbocycles. The number of rotatable bonds is 4. The number of aliphatic hydroxyl groups excluding tert-OH is 2. The van der Waals surface area contributed by atoms with E-state index in [-0.39, 0.29) is 10.8 Å². The van der Waals surface area contributed by atoms with E-state index in [9.17, 15) is 10.2 Å². The van der Waals surface area contributed by atoms with Gasteiger partial charge in [0.15, 0.2) is 0 Å². The molecular formula is C29H41NO2. The van der Waals surface area contributed by atoms with Crippen LogP contribution >= 0.6 is 0 Å². The monoisotopic (exact) mass is 435 g/mol. The Hall–Kier alpha value is -1.71. The second-order valence-corrected chi connectivity index (χ2v) is 11.9. The molecule has 2 N–H and O–H groups in total. The molecule has 2 aromatic rings. The highest BCUT2D eigenvalue weighted by molar-refractivity contribution is 5.49. The SMILES string of the molecule is CCc1c2c(nc(C3CCCC3)c1C(O)c1ccc(C(C)(C)C)cc1)CC(C)(C)CC2O. The zero-order valence-corrected chi connectivity index (χ0v) is 20.8. The number of hydrogen-bond donors (Lipinski definition) is 2. The molecule has 1 saturated carbocycles. The van der Waals surface area contributed by atoms with E-state index in [4.69, 9.17) is 4.98 Å². The minimum absolute atomic E-state index is 0.0420. The summed E-state index contributed by atoms with van der Waals surface area (Å²) in [7, 11) is 0. The Morgan fingerprint density at radius 2 is 1.72 bits per heavy atom. The van der Waals surface area contributed by atoms with Crippen LogP contribution in [-0.2, 0) is 18.3 Å². The zero-order valence-electron chi connectivity index (χ0n) is 20.8.